The van der Waals surface area contributed by atoms with Gasteiger partial charge in [0.05, 0.1) is 5.69 Å². The lowest BCUT2D eigenvalue weighted by molar-refractivity contribution is -0.390. The van der Waals surface area contributed by atoms with Crippen LogP contribution in [0, 0.1) is 10.1 Å². The van der Waals surface area contributed by atoms with Crippen molar-refractivity contribution in [3.63, 3.8) is 0 Å². The molecule has 1 amide bonds. The van der Waals surface area contributed by atoms with Crippen molar-refractivity contribution >= 4 is 29.0 Å². The Labute approximate surface area is 164 Å². The maximum Gasteiger partial charge on any atom is 0.406 e. The van der Waals surface area contributed by atoms with Crippen molar-refractivity contribution in [1.29, 1.82) is 0 Å². The number of ether oxygens (including phenoxy) is 2. The van der Waals surface area contributed by atoms with E-state index < -0.39 is 23.3 Å². The normalized spacial score (nSPS) is 10.2. The summed E-state index contributed by atoms with van der Waals surface area (Å²) in [5.74, 6) is -0.141. The third-order valence-electron chi connectivity index (χ3n) is 3.47. The van der Waals surface area contributed by atoms with Gasteiger partial charge in [-0.3, -0.25) is 4.79 Å². The average molecular weight is 400 g/mol. The highest BCUT2D eigenvalue weighted by Crippen LogP contribution is 2.32. The van der Waals surface area contributed by atoms with Crippen molar-refractivity contribution in [3.05, 3.63) is 82.0 Å². The Hall–Kier alpha value is -3.65. The Kier molecular flexibility index (Phi) is 6.03. The topological polar surface area (TPSA) is 104 Å². The van der Waals surface area contributed by atoms with Crippen LogP contribution < -0.4 is 14.8 Å². The molecule has 0 unspecified atom stereocenters. The van der Waals surface area contributed by atoms with Crippen molar-refractivity contribution in [2.45, 2.75) is 0 Å². The molecule has 3 rings (SSSR count). The molecule has 3 aromatic rings. The van der Waals surface area contributed by atoms with Gasteiger partial charge in [0.25, 0.3) is 5.91 Å². The van der Waals surface area contributed by atoms with Crippen molar-refractivity contribution in [2.75, 3.05) is 11.9 Å². The van der Waals surface area contributed by atoms with Crippen LogP contribution in [0.3, 0.4) is 0 Å². The Morgan fingerprint density at radius 1 is 1.11 bits per heavy atom. The SMILES string of the molecule is O=C(COc1cccnc1[N+](=O)[O-])Nc1cc(Cl)ccc1Oc1ccccc1. The van der Waals surface area contributed by atoms with Crippen LogP contribution in [0.15, 0.2) is 66.9 Å². The van der Waals surface area contributed by atoms with E-state index >= 15 is 0 Å². The molecule has 0 spiro atoms. The van der Waals surface area contributed by atoms with E-state index in [1.807, 2.05) is 18.2 Å². The second-order valence-electron chi connectivity index (χ2n) is 5.47. The summed E-state index contributed by atoms with van der Waals surface area (Å²) in [5.41, 5.74) is 0.339. The molecule has 1 N–H and O–H groups in total. The highest BCUT2D eigenvalue weighted by atomic mass is 35.5. The smallest absolute Gasteiger partial charge is 0.406 e. The molecule has 0 aliphatic heterocycles. The molecule has 1 heterocycles. The fourth-order valence-electron chi connectivity index (χ4n) is 2.27. The van der Waals surface area contributed by atoms with Gasteiger partial charge in [0.2, 0.25) is 5.75 Å². The third-order valence-corrected chi connectivity index (χ3v) is 3.70. The number of halogens is 1. The number of hydrogen-bond acceptors (Lipinski definition) is 6. The number of para-hydroxylation sites is 1. The largest absolute Gasteiger partial charge is 0.476 e. The second kappa shape index (κ2) is 8.83. The van der Waals surface area contributed by atoms with E-state index in [4.69, 9.17) is 21.1 Å². The molecule has 0 saturated heterocycles. The summed E-state index contributed by atoms with van der Waals surface area (Å²) in [6.07, 6.45) is 1.27. The number of hydrogen-bond donors (Lipinski definition) is 1. The van der Waals surface area contributed by atoms with E-state index in [2.05, 4.69) is 10.3 Å². The van der Waals surface area contributed by atoms with Crippen LogP contribution in [0.5, 0.6) is 17.2 Å². The van der Waals surface area contributed by atoms with Gasteiger partial charge in [-0.2, -0.15) is 0 Å². The van der Waals surface area contributed by atoms with Crippen LogP contribution >= 0.6 is 11.6 Å². The highest BCUT2D eigenvalue weighted by molar-refractivity contribution is 6.31. The number of anilines is 1. The number of nitrogens with zero attached hydrogens (tertiary/aromatic N) is 2. The van der Waals surface area contributed by atoms with E-state index in [1.54, 1.807) is 24.3 Å². The van der Waals surface area contributed by atoms with Crippen LogP contribution in [-0.4, -0.2) is 22.4 Å². The molecule has 0 fully saturated rings. The lowest BCUT2D eigenvalue weighted by Crippen LogP contribution is -2.20. The molecule has 0 aliphatic carbocycles. The molecule has 28 heavy (non-hydrogen) atoms. The van der Waals surface area contributed by atoms with Gasteiger partial charge in [0.1, 0.15) is 11.9 Å². The van der Waals surface area contributed by atoms with Crippen molar-refractivity contribution < 1.29 is 19.2 Å². The Morgan fingerprint density at radius 3 is 2.64 bits per heavy atom. The zero-order valence-corrected chi connectivity index (χ0v) is 15.1. The van der Waals surface area contributed by atoms with Gasteiger partial charge in [-0.05, 0) is 52.4 Å². The number of nitrogens with one attached hydrogen (secondary N) is 1. The Bertz CT molecular complexity index is 998. The summed E-state index contributed by atoms with van der Waals surface area (Å²) in [5, 5.41) is 14.0. The molecule has 8 nitrogen and oxygen atoms in total. The minimum atomic E-state index is -0.685. The van der Waals surface area contributed by atoms with Crippen LogP contribution in [0.4, 0.5) is 11.5 Å². The molecule has 1 aromatic heterocycles. The van der Waals surface area contributed by atoms with Crippen LogP contribution in [0.1, 0.15) is 0 Å². The number of benzene rings is 2. The maximum absolute atomic E-state index is 12.3. The summed E-state index contributed by atoms with van der Waals surface area (Å²) in [6.45, 7) is -0.455. The molecule has 0 aliphatic rings. The summed E-state index contributed by atoms with van der Waals surface area (Å²) < 4.78 is 11.0. The monoisotopic (exact) mass is 399 g/mol. The third kappa shape index (κ3) is 4.95. The number of aromatic nitrogens is 1. The quantitative estimate of drug-likeness (QED) is 0.465. The second-order valence-corrected chi connectivity index (χ2v) is 5.91. The van der Waals surface area contributed by atoms with Crippen LogP contribution in [0.25, 0.3) is 0 Å². The predicted molar refractivity (Wildman–Crippen MR) is 103 cm³/mol. The van der Waals surface area contributed by atoms with Gasteiger partial charge in [0.15, 0.2) is 12.4 Å². The number of nitro groups is 1. The van der Waals surface area contributed by atoms with Crippen LogP contribution in [0.2, 0.25) is 5.02 Å². The maximum atomic E-state index is 12.3. The van der Waals surface area contributed by atoms with Gasteiger partial charge in [-0.1, -0.05) is 29.8 Å². The van der Waals surface area contributed by atoms with E-state index in [1.165, 1.54) is 24.4 Å². The number of amides is 1. The molecule has 0 bridgehead atoms. The van der Waals surface area contributed by atoms with E-state index in [-0.39, 0.29) is 5.75 Å². The van der Waals surface area contributed by atoms with Gasteiger partial charge in [0, 0.05) is 5.02 Å². The standard InChI is InChI=1S/C19H14ClN3O5/c20-13-8-9-16(28-14-5-2-1-3-6-14)15(11-13)22-18(24)12-27-17-7-4-10-21-19(17)23(25)26/h1-11H,12H2,(H,22,24). The fraction of sp³-hybridized carbons (Fsp3) is 0.0526. The lowest BCUT2D eigenvalue weighted by atomic mass is 10.2. The predicted octanol–water partition coefficient (Wildman–Crippen LogP) is 4.45. The van der Waals surface area contributed by atoms with Crippen molar-refractivity contribution in [1.82, 2.24) is 4.98 Å². The van der Waals surface area contributed by atoms with Gasteiger partial charge in [-0.15, -0.1) is 0 Å². The molecule has 142 valence electrons. The summed E-state index contributed by atoms with van der Waals surface area (Å²) >= 11 is 6.01. The first-order chi connectivity index (χ1) is 13.5. The van der Waals surface area contributed by atoms with E-state index in [0.29, 0.717) is 22.2 Å². The number of carbonyl (C=O) groups excluding carboxylic acids is 1. The molecular formula is C19H14ClN3O5. The number of rotatable bonds is 7. The molecule has 0 radical (unpaired) electrons. The van der Waals surface area contributed by atoms with Gasteiger partial charge < -0.3 is 24.9 Å². The fourth-order valence-corrected chi connectivity index (χ4v) is 2.44. The Morgan fingerprint density at radius 2 is 1.89 bits per heavy atom. The molecule has 0 atom stereocenters. The molecule has 2 aromatic carbocycles. The number of carbonyl (C=O) groups is 1. The summed E-state index contributed by atoms with van der Waals surface area (Å²) in [7, 11) is 0. The van der Waals surface area contributed by atoms with E-state index in [0.717, 1.165) is 0 Å². The molecule has 0 saturated carbocycles. The average Bonchev–Trinajstić information content (AvgIpc) is 2.69. The molecule has 9 heteroatoms. The minimum absolute atomic E-state index is 0.102. The van der Waals surface area contributed by atoms with Crippen LogP contribution in [-0.2, 0) is 4.79 Å². The van der Waals surface area contributed by atoms with E-state index in [9.17, 15) is 14.9 Å². The highest BCUT2D eigenvalue weighted by Gasteiger charge is 2.17. The zero-order chi connectivity index (χ0) is 19.9. The first kappa shape index (κ1) is 19.1. The first-order valence-corrected chi connectivity index (χ1v) is 8.45. The molecular weight excluding hydrogens is 386 g/mol. The first-order valence-electron chi connectivity index (χ1n) is 8.07. The minimum Gasteiger partial charge on any atom is -0.476 e. The van der Waals surface area contributed by atoms with Gasteiger partial charge in [-0.25, -0.2) is 0 Å². The van der Waals surface area contributed by atoms with Crippen molar-refractivity contribution in [2.24, 2.45) is 0 Å². The lowest BCUT2D eigenvalue weighted by Gasteiger charge is -2.13. The van der Waals surface area contributed by atoms with Crippen molar-refractivity contribution in [3.8, 4) is 17.2 Å². The number of pyridine rings is 1. The Balaban J connectivity index is 1.70. The summed E-state index contributed by atoms with van der Waals surface area (Å²) in [6, 6.07) is 16.6. The zero-order valence-electron chi connectivity index (χ0n) is 14.4. The summed E-state index contributed by atoms with van der Waals surface area (Å²) in [4.78, 5) is 26.1. The van der Waals surface area contributed by atoms with Gasteiger partial charge >= 0.3 is 5.82 Å².